The zero-order valence-electron chi connectivity index (χ0n) is 10.8. The fourth-order valence-electron chi connectivity index (χ4n) is 2.20. The minimum Gasteiger partial charge on any atom is -0.492 e. The van der Waals surface area contributed by atoms with Crippen LogP contribution in [0.15, 0.2) is 42.6 Å². The van der Waals surface area contributed by atoms with Gasteiger partial charge in [0, 0.05) is 5.39 Å². The van der Waals surface area contributed by atoms with Gasteiger partial charge in [0.15, 0.2) is 11.6 Å². The van der Waals surface area contributed by atoms with Crippen LogP contribution >= 0.6 is 11.6 Å². The molecule has 0 aliphatic rings. The Morgan fingerprint density at radius 1 is 1.25 bits per heavy atom. The maximum atomic E-state index is 13.5. The van der Waals surface area contributed by atoms with Crippen LogP contribution in [0.2, 0.25) is 5.02 Å². The summed E-state index contributed by atoms with van der Waals surface area (Å²) in [5, 5.41) is 5.67. The van der Waals surface area contributed by atoms with E-state index in [4.69, 9.17) is 16.3 Å². The molecule has 3 rings (SSSR count). The summed E-state index contributed by atoms with van der Waals surface area (Å²) in [6.45, 7) is 0.461. The quantitative estimate of drug-likeness (QED) is 0.732. The Kier molecular flexibility index (Phi) is 3.32. The Labute approximate surface area is 120 Å². The molecular formula is C15H12ClFN2O. The molecule has 0 saturated carbocycles. The van der Waals surface area contributed by atoms with Gasteiger partial charge in [0.05, 0.1) is 30.4 Å². The Morgan fingerprint density at radius 3 is 2.85 bits per heavy atom. The number of rotatable bonds is 3. The predicted molar refractivity (Wildman–Crippen MR) is 76.8 cm³/mol. The summed E-state index contributed by atoms with van der Waals surface area (Å²) in [6.07, 6.45) is 1.80. The van der Waals surface area contributed by atoms with E-state index in [0.29, 0.717) is 6.54 Å². The van der Waals surface area contributed by atoms with Crippen molar-refractivity contribution < 1.29 is 9.13 Å². The molecule has 0 fully saturated rings. The molecule has 0 spiro atoms. The highest BCUT2D eigenvalue weighted by Crippen LogP contribution is 2.31. The second-order valence-corrected chi connectivity index (χ2v) is 4.79. The molecule has 102 valence electrons. The average Bonchev–Trinajstić information content (AvgIpc) is 2.86. The Hall–Kier alpha value is -2.07. The van der Waals surface area contributed by atoms with Gasteiger partial charge in [-0.25, -0.2) is 4.39 Å². The first-order valence-corrected chi connectivity index (χ1v) is 6.50. The first-order chi connectivity index (χ1) is 9.70. The van der Waals surface area contributed by atoms with Crippen molar-refractivity contribution in [3.63, 3.8) is 0 Å². The third kappa shape index (κ3) is 2.12. The number of para-hydroxylation sites is 1. The number of hydrogen-bond acceptors (Lipinski definition) is 2. The molecule has 0 N–H and O–H groups in total. The predicted octanol–water partition coefficient (Wildman–Crippen LogP) is 3.89. The monoisotopic (exact) mass is 290 g/mol. The second-order valence-electron chi connectivity index (χ2n) is 4.41. The summed E-state index contributed by atoms with van der Waals surface area (Å²) in [5.74, 6) is -0.396. The molecule has 0 amide bonds. The molecule has 0 bridgehead atoms. The molecule has 0 saturated heterocycles. The molecule has 3 nitrogen and oxygen atoms in total. The van der Waals surface area contributed by atoms with E-state index in [1.54, 1.807) is 12.3 Å². The van der Waals surface area contributed by atoms with Crippen molar-refractivity contribution in [3.8, 4) is 5.75 Å². The molecule has 0 aliphatic heterocycles. The van der Waals surface area contributed by atoms with Gasteiger partial charge >= 0.3 is 0 Å². The number of hydrogen-bond donors (Lipinski definition) is 0. The minimum absolute atomic E-state index is 0.0700. The number of aromatic nitrogens is 2. The van der Waals surface area contributed by atoms with Crippen LogP contribution in [0.3, 0.4) is 0 Å². The molecular weight excluding hydrogens is 279 g/mol. The molecule has 1 heterocycles. The molecule has 0 radical (unpaired) electrons. The largest absolute Gasteiger partial charge is 0.492 e. The van der Waals surface area contributed by atoms with E-state index in [1.165, 1.54) is 13.2 Å². The number of fused-ring (bicyclic) bond motifs is 1. The average molecular weight is 291 g/mol. The number of ether oxygens (including phenoxy) is 1. The first-order valence-electron chi connectivity index (χ1n) is 6.12. The van der Waals surface area contributed by atoms with Gasteiger partial charge in [-0.05, 0) is 17.7 Å². The zero-order chi connectivity index (χ0) is 14.1. The third-order valence-corrected chi connectivity index (χ3v) is 3.62. The normalized spacial score (nSPS) is 10.9. The highest BCUT2D eigenvalue weighted by molar-refractivity contribution is 6.32. The topological polar surface area (TPSA) is 27.1 Å². The van der Waals surface area contributed by atoms with Crippen molar-refractivity contribution >= 4 is 22.5 Å². The SMILES string of the molecule is COc1c(F)ccc(Cn2ncc3ccccc32)c1Cl. The zero-order valence-corrected chi connectivity index (χ0v) is 11.6. The summed E-state index contributed by atoms with van der Waals surface area (Å²) in [5.41, 5.74) is 1.77. The smallest absolute Gasteiger partial charge is 0.173 e. The Morgan fingerprint density at radius 2 is 2.05 bits per heavy atom. The lowest BCUT2D eigenvalue weighted by Gasteiger charge is -2.10. The lowest BCUT2D eigenvalue weighted by molar-refractivity contribution is 0.386. The molecule has 5 heteroatoms. The van der Waals surface area contributed by atoms with Gasteiger partial charge in [0.25, 0.3) is 0 Å². The number of benzene rings is 2. The molecule has 3 aromatic rings. The standard InChI is InChI=1S/C15H12ClFN2O/c1-20-15-12(17)7-6-11(14(15)16)9-19-13-5-3-2-4-10(13)8-18-19/h2-8H,9H2,1H3. The van der Waals surface area contributed by atoms with Crippen LogP contribution in [0.4, 0.5) is 4.39 Å². The lowest BCUT2D eigenvalue weighted by Crippen LogP contribution is -2.03. The first kappa shape index (κ1) is 12.9. The van der Waals surface area contributed by atoms with Crippen LogP contribution in [-0.4, -0.2) is 16.9 Å². The van der Waals surface area contributed by atoms with Crippen molar-refractivity contribution in [2.45, 2.75) is 6.54 Å². The molecule has 2 aromatic carbocycles. The fourth-order valence-corrected chi connectivity index (χ4v) is 2.49. The van der Waals surface area contributed by atoms with E-state index in [1.807, 2.05) is 28.9 Å². The van der Waals surface area contributed by atoms with Crippen molar-refractivity contribution in [3.05, 3.63) is 59.0 Å². The maximum absolute atomic E-state index is 13.5. The molecule has 20 heavy (non-hydrogen) atoms. The lowest BCUT2D eigenvalue weighted by atomic mass is 10.2. The van der Waals surface area contributed by atoms with Crippen LogP contribution in [0.25, 0.3) is 10.9 Å². The van der Waals surface area contributed by atoms with Gasteiger partial charge in [0.2, 0.25) is 0 Å². The summed E-state index contributed by atoms with van der Waals surface area (Å²) in [4.78, 5) is 0. The Bertz CT molecular complexity index is 770. The van der Waals surface area contributed by atoms with Crippen molar-refractivity contribution in [2.75, 3.05) is 7.11 Å². The maximum Gasteiger partial charge on any atom is 0.173 e. The van der Waals surface area contributed by atoms with Crippen LogP contribution in [0.1, 0.15) is 5.56 Å². The Balaban J connectivity index is 2.03. The number of nitrogens with zero attached hydrogens (tertiary/aromatic N) is 2. The number of halogens is 2. The highest BCUT2D eigenvalue weighted by atomic mass is 35.5. The highest BCUT2D eigenvalue weighted by Gasteiger charge is 2.13. The van der Waals surface area contributed by atoms with Gasteiger partial charge in [-0.3, -0.25) is 4.68 Å². The second kappa shape index (κ2) is 5.13. The summed E-state index contributed by atoms with van der Waals surface area (Å²) in [7, 11) is 1.40. The van der Waals surface area contributed by atoms with E-state index >= 15 is 0 Å². The van der Waals surface area contributed by atoms with E-state index < -0.39 is 5.82 Å². The molecule has 0 aliphatic carbocycles. The van der Waals surface area contributed by atoms with Gasteiger partial charge in [-0.15, -0.1) is 0 Å². The third-order valence-electron chi connectivity index (χ3n) is 3.20. The van der Waals surface area contributed by atoms with E-state index in [2.05, 4.69) is 5.10 Å². The molecule has 0 atom stereocenters. The van der Waals surface area contributed by atoms with Crippen molar-refractivity contribution in [1.82, 2.24) is 9.78 Å². The van der Waals surface area contributed by atoms with Crippen LogP contribution in [0.5, 0.6) is 5.75 Å². The summed E-state index contributed by atoms with van der Waals surface area (Å²) >= 11 is 6.18. The van der Waals surface area contributed by atoms with Crippen LogP contribution in [-0.2, 0) is 6.54 Å². The molecule has 1 aromatic heterocycles. The van der Waals surface area contributed by atoms with Gasteiger partial charge in [-0.2, -0.15) is 5.10 Å². The molecule has 0 unspecified atom stereocenters. The van der Waals surface area contributed by atoms with Gasteiger partial charge < -0.3 is 4.74 Å². The van der Waals surface area contributed by atoms with Gasteiger partial charge in [0.1, 0.15) is 0 Å². The summed E-state index contributed by atoms with van der Waals surface area (Å²) in [6, 6.07) is 10.9. The van der Waals surface area contributed by atoms with E-state index in [-0.39, 0.29) is 10.8 Å². The van der Waals surface area contributed by atoms with Gasteiger partial charge in [-0.1, -0.05) is 35.9 Å². The summed E-state index contributed by atoms with van der Waals surface area (Å²) < 4.78 is 20.3. The van der Waals surface area contributed by atoms with Crippen molar-refractivity contribution in [1.29, 1.82) is 0 Å². The van der Waals surface area contributed by atoms with E-state index in [9.17, 15) is 4.39 Å². The minimum atomic E-state index is -0.466. The van der Waals surface area contributed by atoms with Crippen LogP contribution in [0, 0.1) is 5.82 Å². The fraction of sp³-hybridized carbons (Fsp3) is 0.133. The number of methoxy groups -OCH3 is 1. The van der Waals surface area contributed by atoms with E-state index in [0.717, 1.165) is 16.5 Å². The van der Waals surface area contributed by atoms with Crippen molar-refractivity contribution in [2.24, 2.45) is 0 Å². The van der Waals surface area contributed by atoms with Crippen LogP contribution < -0.4 is 4.74 Å².